The lowest BCUT2D eigenvalue weighted by atomic mass is 9.63. The number of H-pyrrole nitrogens is 1. The highest BCUT2D eigenvalue weighted by molar-refractivity contribution is 5.91. The molecule has 3 aromatic heterocycles. The second-order valence-electron chi connectivity index (χ2n) is 7.50. The summed E-state index contributed by atoms with van der Waals surface area (Å²) in [5, 5.41) is 15.2. The summed E-state index contributed by atoms with van der Waals surface area (Å²) >= 11 is 0. The quantitative estimate of drug-likeness (QED) is 0.672. The van der Waals surface area contributed by atoms with Crippen LogP contribution in [-0.4, -0.2) is 26.2 Å². The Kier molecular flexibility index (Phi) is 3.36. The molecule has 6 nitrogen and oxygen atoms in total. The van der Waals surface area contributed by atoms with Gasteiger partial charge >= 0.3 is 0 Å². The maximum atomic E-state index is 4.82. The van der Waals surface area contributed by atoms with Gasteiger partial charge in [0.1, 0.15) is 11.6 Å². The first kappa shape index (κ1) is 14.7. The molecule has 0 atom stereocenters. The van der Waals surface area contributed by atoms with Crippen LogP contribution in [0.1, 0.15) is 31.4 Å². The van der Waals surface area contributed by atoms with Gasteiger partial charge in [0.25, 0.3) is 0 Å². The second-order valence-corrected chi connectivity index (χ2v) is 7.50. The number of nitrogens with zero attached hydrogens (tertiary/aromatic N) is 3. The molecule has 3 saturated carbocycles. The summed E-state index contributed by atoms with van der Waals surface area (Å²) in [5.41, 5.74) is 1.96. The minimum absolute atomic E-state index is 0.524. The van der Waals surface area contributed by atoms with Crippen molar-refractivity contribution in [2.75, 3.05) is 10.6 Å². The van der Waals surface area contributed by atoms with E-state index in [0.29, 0.717) is 6.04 Å². The lowest BCUT2D eigenvalue weighted by molar-refractivity contribution is 0.105. The van der Waals surface area contributed by atoms with Crippen molar-refractivity contribution in [3.8, 4) is 0 Å². The number of nitrogens with one attached hydrogen (secondary N) is 3. The number of aryl methyl sites for hydroxylation is 1. The summed E-state index contributed by atoms with van der Waals surface area (Å²) in [7, 11) is 0. The normalized spacial score (nSPS) is 24.8. The molecule has 6 rings (SSSR count). The zero-order valence-electron chi connectivity index (χ0n) is 14.3. The molecule has 2 bridgehead atoms. The Bertz CT molecular complexity index is 901. The fourth-order valence-electron chi connectivity index (χ4n) is 4.33. The van der Waals surface area contributed by atoms with Gasteiger partial charge in [-0.3, -0.25) is 10.1 Å². The fourth-order valence-corrected chi connectivity index (χ4v) is 4.33. The van der Waals surface area contributed by atoms with E-state index in [0.717, 1.165) is 45.9 Å². The number of rotatable bonds is 4. The Morgan fingerprint density at radius 3 is 2.68 bits per heavy atom. The zero-order chi connectivity index (χ0) is 16.8. The van der Waals surface area contributed by atoms with Gasteiger partial charge in [-0.2, -0.15) is 5.10 Å². The van der Waals surface area contributed by atoms with E-state index in [2.05, 4.69) is 31.9 Å². The van der Waals surface area contributed by atoms with E-state index in [4.69, 9.17) is 4.98 Å². The summed E-state index contributed by atoms with van der Waals surface area (Å²) in [6, 6.07) is 8.52. The first-order valence-electron chi connectivity index (χ1n) is 9.04. The van der Waals surface area contributed by atoms with E-state index in [1.165, 1.54) is 25.7 Å². The highest BCUT2D eigenvalue weighted by atomic mass is 15.2. The van der Waals surface area contributed by atoms with Crippen molar-refractivity contribution in [1.82, 2.24) is 20.2 Å². The lowest BCUT2D eigenvalue weighted by Gasteiger charge is -2.45. The van der Waals surface area contributed by atoms with E-state index in [1.54, 1.807) is 0 Å². The highest BCUT2D eigenvalue weighted by Gasteiger charge is 2.38. The van der Waals surface area contributed by atoms with Gasteiger partial charge in [-0.1, -0.05) is 0 Å². The Balaban J connectivity index is 1.47. The third kappa shape index (κ3) is 2.81. The van der Waals surface area contributed by atoms with Crippen LogP contribution in [0.15, 0.2) is 30.5 Å². The van der Waals surface area contributed by atoms with E-state index in [9.17, 15) is 0 Å². The van der Waals surface area contributed by atoms with Crippen molar-refractivity contribution in [1.29, 1.82) is 0 Å². The Morgan fingerprint density at radius 2 is 1.92 bits per heavy atom. The molecule has 6 heteroatoms. The van der Waals surface area contributed by atoms with Crippen LogP contribution in [0.5, 0.6) is 0 Å². The maximum absolute atomic E-state index is 4.82. The molecule has 128 valence electrons. The maximum Gasteiger partial charge on any atom is 0.153 e. The molecule has 3 aliphatic carbocycles. The summed E-state index contributed by atoms with van der Waals surface area (Å²) in [5.74, 6) is 4.28. The first-order valence-corrected chi connectivity index (χ1v) is 9.04. The number of fused-ring (bicyclic) bond motifs is 3. The molecule has 0 aromatic carbocycles. The van der Waals surface area contributed by atoms with Crippen LogP contribution < -0.4 is 10.6 Å². The fraction of sp³-hybridized carbons (Fsp3) is 0.421. The molecule has 0 unspecified atom stereocenters. The Hall–Kier alpha value is -2.63. The van der Waals surface area contributed by atoms with Gasteiger partial charge in [0.2, 0.25) is 0 Å². The van der Waals surface area contributed by atoms with Crippen molar-refractivity contribution in [3.63, 3.8) is 0 Å². The molecule has 0 spiro atoms. The van der Waals surface area contributed by atoms with Crippen LogP contribution in [0, 0.1) is 18.8 Å². The molecule has 3 heterocycles. The van der Waals surface area contributed by atoms with Crippen molar-refractivity contribution in [2.24, 2.45) is 11.8 Å². The first-order chi connectivity index (χ1) is 12.2. The van der Waals surface area contributed by atoms with Crippen LogP contribution in [-0.2, 0) is 0 Å². The predicted molar refractivity (Wildman–Crippen MR) is 99.0 cm³/mol. The van der Waals surface area contributed by atoms with E-state index >= 15 is 0 Å². The van der Waals surface area contributed by atoms with Crippen LogP contribution in [0.25, 0.3) is 10.9 Å². The van der Waals surface area contributed by atoms with Gasteiger partial charge in [0.05, 0.1) is 5.52 Å². The minimum atomic E-state index is 0.524. The largest absolute Gasteiger partial charge is 0.367 e. The van der Waals surface area contributed by atoms with Crippen LogP contribution >= 0.6 is 0 Å². The van der Waals surface area contributed by atoms with Crippen LogP contribution in [0.2, 0.25) is 0 Å². The molecular formula is C19H22N6. The predicted octanol–water partition coefficient (Wildman–Crippen LogP) is 4.01. The van der Waals surface area contributed by atoms with E-state index in [-0.39, 0.29) is 0 Å². The number of aromatic nitrogens is 4. The minimum Gasteiger partial charge on any atom is -0.367 e. The number of hydrogen-bond acceptors (Lipinski definition) is 5. The third-order valence-corrected chi connectivity index (χ3v) is 5.47. The monoisotopic (exact) mass is 334 g/mol. The van der Waals surface area contributed by atoms with Gasteiger partial charge in [-0.15, -0.1) is 0 Å². The Labute approximate surface area is 146 Å². The topological polar surface area (TPSA) is 78.5 Å². The Morgan fingerprint density at radius 1 is 1.08 bits per heavy atom. The molecule has 3 aromatic rings. The third-order valence-electron chi connectivity index (χ3n) is 5.47. The summed E-state index contributed by atoms with van der Waals surface area (Å²) < 4.78 is 0. The van der Waals surface area contributed by atoms with Crippen LogP contribution in [0.3, 0.4) is 0 Å². The number of pyridine rings is 2. The standard InChI is InChI=1S/C19H22N6/c1-11-5-18(25-24-11)22-17-10-16-15(3-2-4-20-16)19(23-17)21-14-8-12-6-13(7-12)9-14/h2-5,10,12-14H,6-9H2,1H3,(H3,21,22,23,24,25). The number of anilines is 3. The van der Waals surface area contributed by atoms with Crippen molar-refractivity contribution < 1.29 is 0 Å². The molecule has 3 aliphatic rings. The van der Waals surface area contributed by atoms with Crippen molar-refractivity contribution >= 4 is 28.4 Å². The molecular weight excluding hydrogens is 312 g/mol. The van der Waals surface area contributed by atoms with Gasteiger partial charge in [-0.25, -0.2) is 4.98 Å². The molecule has 25 heavy (non-hydrogen) atoms. The van der Waals surface area contributed by atoms with Gasteiger partial charge in [-0.05, 0) is 56.6 Å². The van der Waals surface area contributed by atoms with Crippen molar-refractivity contribution in [3.05, 3.63) is 36.2 Å². The smallest absolute Gasteiger partial charge is 0.153 e. The molecule has 0 saturated heterocycles. The van der Waals surface area contributed by atoms with E-state index < -0.39 is 0 Å². The average molecular weight is 334 g/mol. The molecule has 0 aliphatic heterocycles. The summed E-state index contributed by atoms with van der Waals surface area (Å²) in [6.07, 6.45) is 7.19. The summed E-state index contributed by atoms with van der Waals surface area (Å²) in [6.45, 7) is 1.98. The second kappa shape index (κ2) is 5.72. The van der Waals surface area contributed by atoms with E-state index in [1.807, 2.05) is 31.3 Å². The summed E-state index contributed by atoms with van der Waals surface area (Å²) in [4.78, 5) is 9.34. The molecule has 3 N–H and O–H groups in total. The van der Waals surface area contributed by atoms with Gasteiger partial charge in [0, 0.05) is 35.5 Å². The molecule has 0 amide bonds. The van der Waals surface area contributed by atoms with Gasteiger partial charge in [0.15, 0.2) is 5.82 Å². The molecule has 3 fully saturated rings. The highest BCUT2D eigenvalue weighted by Crippen LogP contribution is 2.46. The number of hydrogen-bond donors (Lipinski definition) is 3. The average Bonchev–Trinajstić information content (AvgIpc) is 2.99. The van der Waals surface area contributed by atoms with Gasteiger partial charge < -0.3 is 10.6 Å². The van der Waals surface area contributed by atoms with Crippen LogP contribution in [0.4, 0.5) is 17.5 Å². The SMILES string of the molecule is Cc1cc(Nc2cc3ncccc3c(NC3CC4CC(C4)C3)n2)n[nH]1. The number of aromatic amines is 1. The van der Waals surface area contributed by atoms with Crippen molar-refractivity contribution in [2.45, 2.75) is 38.6 Å². The zero-order valence-corrected chi connectivity index (χ0v) is 14.3. The molecule has 0 radical (unpaired) electrons. The lowest BCUT2D eigenvalue weighted by Crippen LogP contribution is -2.40.